The van der Waals surface area contributed by atoms with Gasteiger partial charge in [-0.3, -0.25) is 4.90 Å². The molecule has 1 aromatic rings. The van der Waals surface area contributed by atoms with Crippen molar-refractivity contribution < 1.29 is 21.9 Å². The van der Waals surface area contributed by atoms with Crippen LogP contribution in [-0.2, 0) is 21.1 Å². The molecule has 22 heavy (non-hydrogen) atoms. The summed E-state index contributed by atoms with van der Waals surface area (Å²) in [5.74, 6) is -1.52. The second kappa shape index (κ2) is 5.54. The van der Waals surface area contributed by atoms with Gasteiger partial charge in [-0.05, 0) is 24.1 Å². The van der Waals surface area contributed by atoms with Gasteiger partial charge in [0.15, 0.2) is 21.5 Å². The Labute approximate surface area is 129 Å². The topological polar surface area (TPSA) is 46.6 Å². The molecule has 1 aromatic carbocycles. The second-order valence-electron chi connectivity index (χ2n) is 6.22. The van der Waals surface area contributed by atoms with Crippen molar-refractivity contribution >= 4 is 9.84 Å². The Morgan fingerprint density at radius 1 is 1.32 bits per heavy atom. The van der Waals surface area contributed by atoms with Crippen LogP contribution in [-0.4, -0.2) is 50.6 Å². The summed E-state index contributed by atoms with van der Waals surface area (Å²) in [4.78, 5) is 1.96. The summed E-state index contributed by atoms with van der Waals surface area (Å²) in [6.07, 6.45) is 0.634. The van der Waals surface area contributed by atoms with Gasteiger partial charge in [0.05, 0.1) is 12.4 Å². The number of hydrogen-bond acceptors (Lipinski definition) is 4. The highest BCUT2D eigenvalue weighted by Gasteiger charge is 2.61. The number of benzene rings is 1. The van der Waals surface area contributed by atoms with E-state index in [0.717, 1.165) is 12.1 Å². The van der Waals surface area contributed by atoms with E-state index in [4.69, 9.17) is 4.74 Å². The Hall–Kier alpha value is -1.05. The molecular formula is C15H19F2NO3S. The number of halogens is 2. The summed E-state index contributed by atoms with van der Waals surface area (Å²) in [5.41, 5.74) is 0.646. The first-order valence-corrected chi connectivity index (χ1v) is 8.91. The Morgan fingerprint density at radius 3 is 2.68 bits per heavy atom. The van der Waals surface area contributed by atoms with Gasteiger partial charge in [0.25, 0.3) is 0 Å². The van der Waals surface area contributed by atoms with Gasteiger partial charge in [-0.1, -0.05) is 6.07 Å². The number of nitrogens with zero attached hydrogens (tertiary/aromatic N) is 1. The lowest BCUT2D eigenvalue weighted by molar-refractivity contribution is 0.0411. The number of sulfone groups is 1. The zero-order valence-electron chi connectivity index (χ0n) is 12.4. The monoisotopic (exact) mass is 331 g/mol. The predicted octanol–water partition coefficient (Wildman–Crippen LogP) is 1.60. The molecule has 1 unspecified atom stereocenters. The van der Waals surface area contributed by atoms with Gasteiger partial charge in [-0.2, -0.15) is 0 Å². The molecule has 1 spiro atoms. The molecule has 2 fully saturated rings. The van der Waals surface area contributed by atoms with Crippen LogP contribution in [0.3, 0.4) is 0 Å². The molecule has 0 bridgehead atoms. The number of ether oxygens (including phenoxy) is 1. The van der Waals surface area contributed by atoms with Crippen LogP contribution >= 0.6 is 0 Å². The molecule has 2 aliphatic heterocycles. The van der Waals surface area contributed by atoms with Crippen molar-refractivity contribution in [3.63, 3.8) is 0 Å². The Bertz CT molecular complexity index is 671. The molecule has 7 heteroatoms. The minimum absolute atomic E-state index is 0.0173. The molecule has 2 aliphatic rings. The third kappa shape index (κ3) is 2.45. The van der Waals surface area contributed by atoms with Crippen molar-refractivity contribution in [1.82, 2.24) is 4.90 Å². The van der Waals surface area contributed by atoms with Gasteiger partial charge >= 0.3 is 0 Å². The highest BCUT2D eigenvalue weighted by Crippen LogP contribution is 2.45. The van der Waals surface area contributed by atoms with E-state index < -0.39 is 26.2 Å². The first kappa shape index (κ1) is 15.8. The molecule has 0 N–H and O–H groups in total. The fourth-order valence-electron chi connectivity index (χ4n) is 3.63. The van der Waals surface area contributed by atoms with Crippen molar-refractivity contribution in [1.29, 1.82) is 0 Å². The third-order valence-corrected chi connectivity index (χ3v) is 7.44. The zero-order chi connectivity index (χ0) is 16.0. The summed E-state index contributed by atoms with van der Waals surface area (Å²) in [6.45, 7) is 1.73. The standard InChI is InChI=1S/C15H19F2NO3S/c1-21-8-12-4-5-22(19,20)15(12)9-18(10-15)7-11-2-3-13(16)14(17)6-11/h2-3,6,12H,4-5,7-10H2,1H3. The average Bonchev–Trinajstić information content (AvgIpc) is 2.67. The molecule has 4 nitrogen and oxygen atoms in total. The number of likely N-dealkylation sites (tertiary alicyclic amines) is 1. The lowest BCUT2D eigenvalue weighted by Crippen LogP contribution is -2.67. The van der Waals surface area contributed by atoms with E-state index >= 15 is 0 Å². The van der Waals surface area contributed by atoms with Crippen molar-refractivity contribution in [2.24, 2.45) is 5.92 Å². The molecule has 0 aliphatic carbocycles. The first-order chi connectivity index (χ1) is 10.4. The highest BCUT2D eigenvalue weighted by molar-refractivity contribution is 7.93. The van der Waals surface area contributed by atoms with Crippen molar-refractivity contribution in [3.05, 3.63) is 35.4 Å². The normalized spacial score (nSPS) is 26.2. The minimum Gasteiger partial charge on any atom is -0.384 e. The van der Waals surface area contributed by atoms with Crippen molar-refractivity contribution in [3.8, 4) is 0 Å². The summed E-state index contributed by atoms with van der Waals surface area (Å²) >= 11 is 0. The molecule has 3 rings (SSSR count). The van der Waals surface area contributed by atoms with E-state index in [9.17, 15) is 17.2 Å². The maximum Gasteiger partial charge on any atom is 0.159 e. The van der Waals surface area contributed by atoms with Gasteiger partial charge in [-0.15, -0.1) is 0 Å². The van der Waals surface area contributed by atoms with E-state index in [1.165, 1.54) is 6.07 Å². The summed E-state index contributed by atoms with van der Waals surface area (Å²) < 4.78 is 55.3. The van der Waals surface area contributed by atoms with Gasteiger partial charge in [0, 0.05) is 32.7 Å². The van der Waals surface area contributed by atoms with Crippen molar-refractivity contribution in [2.45, 2.75) is 17.7 Å². The lowest BCUT2D eigenvalue weighted by Gasteiger charge is -2.50. The molecule has 0 aromatic heterocycles. The van der Waals surface area contributed by atoms with E-state index in [1.54, 1.807) is 7.11 Å². The van der Waals surface area contributed by atoms with Crippen LogP contribution in [0.4, 0.5) is 8.78 Å². The fraction of sp³-hybridized carbons (Fsp3) is 0.600. The van der Waals surface area contributed by atoms with E-state index in [2.05, 4.69) is 0 Å². The van der Waals surface area contributed by atoms with E-state index in [0.29, 0.717) is 38.2 Å². The maximum atomic E-state index is 13.2. The third-order valence-electron chi connectivity index (χ3n) is 4.84. The van der Waals surface area contributed by atoms with Gasteiger partial charge < -0.3 is 4.74 Å². The zero-order valence-corrected chi connectivity index (χ0v) is 13.2. The first-order valence-electron chi connectivity index (χ1n) is 7.25. The van der Waals surface area contributed by atoms with Gasteiger partial charge in [0.2, 0.25) is 0 Å². The molecule has 2 heterocycles. The quantitative estimate of drug-likeness (QED) is 0.841. The Morgan fingerprint density at radius 2 is 2.05 bits per heavy atom. The molecule has 1 atom stereocenters. The average molecular weight is 331 g/mol. The smallest absolute Gasteiger partial charge is 0.159 e. The SMILES string of the molecule is COCC1CCS(=O)(=O)C12CN(Cc1ccc(F)c(F)c1)C2. The Balaban J connectivity index is 1.70. The van der Waals surface area contributed by atoms with Crippen LogP contribution in [0.15, 0.2) is 18.2 Å². The molecule has 122 valence electrons. The number of rotatable bonds is 4. The largest absolute Gasteiger partial charge is 0.384 e. The van der Waals surface area contributed by atoms with Crippen molar-refractivity contribution in [2.75, 3.05) is 32.6 Å². The second-order valence-corrected chi connectivity index (χ2v) is 8.67. The Kier molecular flexibility index (Phi) is 3.99. The van der Waals surface area contributed by atoms with Gasteiger partial charge in [0.1, 0.15) is 4.75 Å². The molecular weight excluding hydrogens is 312 g/mol. The van der Waals surface area contributed by atoms with Crippen LogP contribution in [0.5, 0.6) is 0 Å². The molecule has 0 saturated carbocycles. The van der Waals surface area contributed by atoms with Gasteiger partial charge in [-0.25, -0.2) is 17.2 Å². The molecule has 0 radical (unpaired) electrons. The van der Waals surface area contributed by atoms with E-state index in [-0.39, 0.29) is 11.7 Å². The summed E-state index contributed by atoms with van der Waals surface area (Å²) in [5, 5.41) is 0. The molecule has 2 saturated heterocycles. The highest BCUT2D eigenvalue weighted by atomic mass is 32.2. The van der Waals surface area contributed by atoms with E-state index in [1.807, 2.05) is 4.90 Å². The van der Waals surface area contributed by atoms with Crippen LogP contribution in [0, 0.1) is 17.6 Å². The van der Waals surface area contributed by atoms with Crippen LogP contribution in [0.25, 0.3) is 0 Å². The number of hydrogen-bond donors (Lipinski definition) is 0. The fourth-order valence-corrected chi connectivity index (χ4v) is 6.08. The predicted molar refractivity (Wildman–Crippen MR) is 78.1 cm³/mol. The lowest BCUT2D eigenvalue weighted by atomic mass is 9.83. The summed E-state index contributed by atoms with van der Waals surface area (Å²) in [6, 6.07) is 3.79. The maximum absolute atomic E-state index is 13.2. The summed E-state index contributed by atoms with van der Waals surface area (Å²) in [7, 11) is -1.54. The number of methoxy groups -OCH3 is 1. The van der Waals surface area contributed by atoms with Crippen LogP contribution in [0.2, 0.25) is 0 Å². The minimum atomic E-state index is -3.12. The van der Waals surface area contributed by atoms with Crippen LogP contribution in [0.1, 0.15) is 12.0 Å². The molecule has 0 amide bonds. The van der Waals surface area contributed by atoms with Crippen LogP contribution < -0.4 is 0 Å².